The van der Waals surface area contributed by atoms with Crippen molar-refractivity contribution in [2.45, 2.75) is 44.3 Å². The fourth-order valence-corrected chi connectivity index (χ4v) is 2.82. The Morgan fingerprint density at radius 1 is 1.41 bits per heavy atom. The van der Waals surface area contributed by atoms with Crippen LogP contribution < -0.4 is 5.73 Å². The molecular weight excluding hydrogens is 234 g/mol. The third-order valence-electron chi connectivity index (χ3n) is 3.50. The van der Waals surface area contributed by atoms with Gasteiger partial charge in [-0.3, -0.25) is 0 Å². The third kappa shape index (κ3) is 3.21. The highest BCUT2D eigenvalue weighted by Crippen LogP contribution is 2.31. The van der Waals surface area contributed by atoms with Gasteiger partial charge in [0.2, 0.25) is 0 Å². The molecule has 2 N–H and O–H groups in total. The topological polar surface area (TPSA) is 35.2 Å². The van der Waals surface area contributed by atoms with Crippen molar-refractivity contribution < 1.29 is 4.74 Å². The van der Waals surface area contributed by atoms with Gasteiger partial charge < -0.3 is 10.5 Å². The van der Waals surface area contributed by atoms with E-state index in [1.807, 2.05) is 18.2 Å². The summed E-state index contributed by atoms with van der Waals surface area (Å²) in [5.41, 5.74) is 7.02. The van der Waals surface area contributed by atoms with Gasteiger partial charge in [-0.15, -0.1) is 0 Å². The summed E-state index contributed by atoms with van der Waals surface area (Å²) in [5.74, 6) is 0.305. The number of rotatable bonds is 4. The first kappa shape index (κ1) is 12.9. The maximum absolute atomic E-state index is 6.22. The molecule has 1 heterocycles. The molecule has 1 aliphatic heterocycles. The van der Waals surface area contributed by atoms with E-state index in [4.69, 9.17) is 22.1 Å². The van der Waals surface area contributed by atoms with E-state index in [1.54, 1.807) is 0 Å². The van der Waals surface area contributed by atoms with Crippen LogP contribution in [0.25, 0.3) is 0 Å². The molecule has 0 bridgehead atoms. The number of halogens is 1. The molecule has 0 spiro atoms. The fourth-order valence-electron chi connectivity index (χ4n) is 2.53. The second-order valence-corrected chi connectivity index (χ2v) is 5.24. The lowest BCUT2D eigenvalue weighted by atomic mass is 9.92. The van der Waals surface area contributed by atoms with E-state index in [2.05, 4.69) is 13.0 Å². The fraction of sp³-hybridized carbons (Fsp3) is 0.571. The van der Waals surface area contributed by atoms with Crippen molar-refractivity contribution in [3.05, 3.63) is 34.9 Å². The molecule has 0 amide bonds. The normalized spacial score (nSPS) is 26.1. The lowest BCUT2D eigenvalue weighted by Crippen LogP contribution is -2.20. The van der Waals surface area contributed by atoms with Crippen molar-refractivity contribution in [2.75, 3.05) is 6.54 Å². The van der Waals surface area contributed by atoms with Crippen LogP contribution in [0, 0.1) is 0 Å². The molecule has 1 aromatic carbocycles. The summed E-state index contributed by atoms with van der Waals surface area (Å²) in [6, 6.07) is 7.96. The predicted molar refractivity (Wildman–Crippen MR) is 71.4 cm³/mol. The quantitative estimate of drug-likeness (QED) is 0.893. The highest BCUT2D eigenvalue weighted by atomic mass is 35.5. The summed E-state index contributed by atoms with van der Waals surface area (Å²) in [6.45, 7) is 2.75. The Morgan fingerprint density at radius 2 is 2.18 bits per heavy atom. The summed E-state index contributed by atoms with van der Waals surface area (Å²) in [4.78, 5) is 0. The van der Waals surface area contributed by atoms with Crippen molar-refractivity contribution in [1.29, 1.82) is 0 Å². The van der Waals surface area contributed by atoms with Crippen LogP contribution in [-0.4, -0.2) is 18.8 Å². The number of ether oxygens (including phenoxy) is 1. The Labute approximate surface area is 108 Å². The first-order chi connectivity index (χ1) is 8.20. The number of hydrogen-bond acceptors (Lipinski definition) is 2. The number of nitrogens with two attached hydrogens (primary N) is 1. The molecule has 3 unspecified atom stereocenters. The van der Waals surface area contributed by atoms with Crippen LogP contribution in [0.4, 0.5) is 0 Å². The molecule has 1 saturated heterocycles. The van der Waals surface area contributed by atoms with Crippen LogP contribution in [0.15, 0.2) is 24.3 Å². The van der Waals surface area contributed by atoms with Crippen LogP contribution in [0.2, 0.25) is 5.02 Å². The highest BCUT2D eigenvalue weighted by Gasteiger charge is 2.25. The van der Waals surface area contributed by atoms with E-state index >= 15 is 0 Å². The zero-order valence-corrected chi connectivity index (χ0v) is 11.0. The number of hydrogen-bond donors (Lipinski definition) is 1. The molecule has 1 fully saturated rings. The average Bonchev–Trinajstić information content (AvgIpc) is 2.73. The third-order valence-corrected chi connectivity index (χ3v) is 3.84. The first-order valence-corrected chi connectivity index (χ1v) is 6.68. The Morgan fingerprint density at radius 3 is 2.76 bits per heavy atom. The molecule has 3 heteroatoms. The van der Waals surface area contributed by atoms with Crippen molar-refractivity contribution in [3.8, 4) is 0 Å². The molecule has 1 aliphatic rings. The van der Waals surface area contributed by atoms with Gasteiger partial charge in [0.15, 0.2) is 0 Å². The van der Waals surface area contributed by atoms with Gasteiger partial charge in [0, 0.05) is 10.9 Å². The maximum atomic E-state index is 6.22. The Hall–Kier alpha value is -0.570. The predicted octanol–water partition coefficient (Wildman–Crippen LogP) is 3.34. The average molecular weight is 254 g/mol. The highest BCUT2D eigenvalue weighted by molar-refractivity contribution is 6.31. The second-order valence-electron chi connectivity index (χ2n) is 4.84. The largest absolute Gasteiger partial charge is 0.375 e. The van der Waals surface area contributed by atoms with Gasteiger partial charge in [-0.1, -0.05) is 29.8 Å². The Kier molecular flexibility index (Phi) is 4.43. The van der Waals surface area contributed by atoms with Crippen LogP contribution >= 0.6 is 11.6 Å². The van der Waals surface area contributed by atoms with E-state index in [0.29, 0.717) is 24.7 Å². The van der Waals surface area contributed by atoms with E-state index < -0.39 is 0 Å². The molecule has 1 aromatic rings. The molecule has 0 aromatic heterocycles. The Balaban J connectivity index is 2.04. The van der Waals surface area contributed by atoms with Gasteiger partial charge in [-0.25, -0.2) is 0 Å². The van der Waals surface area contributed by atoms with Crippen LogP contribution in [-0.2, 0) is 4.74 Å². The molecule has 2 rings (SSSR count). The van der Waals surface area contributed by atoms with Crippen molar-refractivity contribution in [3.63, 3.8) is 0 Å². The molecule has 3 atom stereocenters. The minimum absolute atomic E-state index is 0.305. The van der Waals surface area contributed by atoms with Crippen molar-refractivity contribution in [2.24, 2.45) is 5.73 Å². The molecule has 94 valence electrons. The SMILES string of the molecule is CC1CCC(CC(CN)c2ccccc2Cl)O1. The minimum atomic E-state index is 0.305. The van der Waals surface area contributed by atoms with Crippen LogP contribution in [0.1, 0.15) is 37.7 Å². The summed E-state index contributed by atoms with van der Waals surface area (Å²) < 4.78 is 5.86. The lowest BCUT2D eigenvalue weighted by molar-refractivity contribution is 0.0471. The molecule has 0 saturated carbocycles. The monoisotopic (exact) mass is 253 g/mol. The summed E-state index contributed by atoms with van der Waals surface area (Å²) in [5, 5.41) is 0.814. The summed E-state index contributed by atoms with van der Waals surface area (Å²) in [6.07, 6.45) is 4.01. The van der Waals surface area contributed by atoms with Gasteiger partial charge in [0.25, 0.3) is 0 Å². The van der Waals surface area contributed by atoms with Gasteiger partial charge in [-0.2, -0.15) is 0 Å². The molecule has 2 nitrogen and oxygen atoms in total. The van der Waals surface area contributed by atoms with E-state index in [-0.39, 0.29) is 0 Å². The zero-order valence-electron chi connectivity index (χ0n) is 10.2. The number of benzene rings is 1. The maximum Gasteiger partial charge on any atom is 0.0586 e. The van der Waals surface area contributed by atoms with Crippen molar-refractivity contribution in [1.82, 2.24) is 0 Å². The van der Waals surface area contributed by atoms with Gasteiger partial charge >= 0.3 is 0 Å². The van der Waals surface area contributed by atoms with Crippen molar-refractivity contribution >= 4 is 11.6 Å². The summed E-state index contributed by atoms with van der Waals surface area (Å²) in [7, 11) is 0. The minimum Gasteiger partial charge on any atom is -0.375 e. The zero-order chi connectivity index (χ0) is 12.3. The van der Waals surface area contributed by atoms with Gasteiger partial charge in [-0.05, 0) is 44.4 Å². The molecule has 0 radical (unpaired) electrons. The summed E-state index contributed by atoms with van der Waals surface area (Å²) >= 11 is 6.22. The van der Waals surface area contributed by atoms with Crippen LogP contribution in [0.3, 0.4) is 0 Å². The smallest absolute Gasteiger partial charge is 0.0586 e. The Bertz CT molecular complexity index is 369. The standard InChI is InChI=1S/C14H20ClNO/c1-10-6-7-12(17-10)8-11(9-16)13-4-2-3-5-14(13)15/h2-5,10-12H,6-9,16H2,1H3. The van der Waals surface area contributed by atoms with E-state index in [1.165, 1.54) is 0 Å². The van der Waals surface area contributed by atoms with Gasteiger partial charge in [0.05, 0.1) is 12.2 Å². The molecule has 0 aliphatic carbocycles. The van der Waals surface area contributed by atoms with Crippen LogP contribution in [0.5, 0.6) is 0 Å². The van der Waals surface area contributed by atoms with E-state index in [9.17, 15) is 0 Å². The molecule has 17 heavy (non-hydrogen) atoms. The molecular formula is C14H20ClNO. The second kappa shape index (κ2) is 5.85. The van der Waals surface area contributed by atoms with E-state index in [0.717, 1.165) is 29.8 Å². The lowest BCUT2D eigenvalue weighted by Gasteiger charge is -2.20. The first-order valence-electron chi connectivity index (χ1n) is 6.30. The van der Waals surface area contributed by atoms with Gasteiger partial charge in [0.1, 0.15) is 0 Å².